The van der Waals surface area contributed by atoms with E-state index in [0.717, 1.165) is 0 Å². The van der Waals surface area contributed by atoms with Gasteiger partial charge in [0.15, 0.2) is 11.6 Å². The summed E-state index contributed by atoms with van der Waals surface area (Å²) in [6.07, 6.45) is 4.66. The van der Waals surface area contributed by atoms with Gasteiger partial charge in [0, 0.05) is 45.0 Å². The molecule has 3 heterocycles. The standard InChI is InChI=1S/C20H21FN6O2/c1-25-11-16(24-13-25)20(28)27-9-7-26(8-10-27)19-17(21)18(22-12-23-19)14-3-5-15(29-2)6-4-14/h3-6,11-13H,7-10H2,1-2H3. The highest BCUT2D eigenvalue weighted by Crippen LogP contribution is 2.28. The lowest BCUT2D eigenvalue weighted by atomic mass is 10.1. The molecular formula is C20H21FN6O2. The van der Waals surface area contributed by atoms with Gasteiger partial charge in [-0.3, -0.25) is 4.79 Å². The quantitative estimate of drug-likeness (QED) is 0.671. The minimum Gasteiger partial charge on any atom is -0.497 e. The number of hydrogen-bond donors (Lipinski definition) is 0. The van der Waals surface area contributed by atoms with Crippen LogP contribution >= 0.6 is 0 Å². The van der Waals surface area contributed by atoms with Crippen molar-refractivity contribution in [1.82, 2.24) is 24.4 Å². The Morgan fingerprint density at radius 2 is 1.79 bits per heavy atom. The number of piperazine rings is 1. The van der Waals surface area contributed by atoms with Crippen LogP contribution in [0.25, 0.3) is 11.3 Å². The molecule has 0 radical (unpaired) electrons. The number of aryl methyl sites for hydroxylation is 1. The number of aromatic nitrogens is 4. The molecule has 9 heteroatoms. The number of halogens is 1. The first kappa shape index (κ1) is 18.9. The maximum atomic E-state index is 15.2. The van der Waals surface area contributed by atoms with Crippen LogP contribution in [0.2, 0.25) is 0 Å². The topological polar surface area (TPSA) is 76.4 Å². The van der Waals surface area contributed by atoms with Crippen molar-refractivity contribution in [3.05, 3.63) is 54.6 Å². The molecule has 1 aliphatic rings. The minimum atomic E-state index is -0.470. The number of carbonyl (C=O) groups is 1. The third kappa shape index (κ3) is 3.75. The summed E-state index contributed by atoms with van der Waals surface area (Å²) in [6.45, 7) is 1.90. The normalized spacial score (nSPS) is 14.2. The van der Waals surface area contributed by atoms with Gasteiger partial charge in [0.2, 0.25) is 0 Å². The predicted molar refractivity (Wildman–Crippen MR) is 105 cm³/mol. The Morgan fingerprint density at radius 3 is 2.41 bits per heavy atom. The zero-order chi connectivity index (χ0) is 20.4. The van der Waals surface area contributed by atoms with Crippen molar-refractivity contribution in [2.75, 3.05) is 38.2 Å². The molecule has 29 heavy (non-hydrogen) atoms. The largest absolute Gasteiger partial charge is 0.497 e. The van der Waals surface area contributed by atoms with Crippen LogP contribution in [0.4, 0.5) is 10.2 Å². The molecule has 1 aromatic carbocycles. The van der Waals surface area contributed by atoms with Crippen LogP contribution in [0.5, 0.6) is 5.75 Å². The van der Waals surface area contributed by atoms with E-state index >= 15 is 4.39 Å². The zero-order valence-corrected chi connectivity index (χ0v) is 16.2. The summed E-state index contributed by atoms with van der Waals surface area (Å²) in [4.78, 5) is 28.5. The zero-order valence-electron chi connectivity index (χ0n) is 16.2. The number of ether oxygens (including phenoxy) is 1. The molecule has 4 rings (SSSR count). The highest BCUT2D eigenvalue weighted by atomic mass is 19.1. The second-order valence-electron chi connectivity index (χ2n) is 6.79. The first-order valence-corrected chi connectivity index (χ1v) is 9.24. The molecule has 0 bridgehead atoms. The van der Waals surface area contributed by atoms with Crippen molar-refractivity contribution in [2.24, 2.45) is 7.05 Å². The summed E-state index contributed by atoms with van der Waals surface area (Å²) in [6, 6.07) is 7.05. The first-order chi connectivity index (χ1) is 14.1. The van der Waals surface area contributed by atoms with Crippen LogP contribution in [0.1, 0.15) is 10.5 Å². The second kappa shape index (κ2) is 7.86. The van der Waals surface area contributed by atoms with Crippen LogP contribution in [-0.4, -0.2) is 63.6 Å². The Labute approximate surface area is 167 Å². The number of rotatable bonds is 4. The molecule has 0 N–H and O–H groups in total. The number of benzene rings is 1. The average Bonchev–Trinajstić information content (AvgIpc) is 3.20. The van der Waals surface area contributed by atoms with Crippen molar-refractivity contribution in [3.8, 4) is 17.0 Å². The molecule has 0 atom stereocenters. The first-order valence-electron chi connectivity index (χ1n) is 9.24. The Bertz CT molecular complexity index is 1010. The lowest BCUT2D eigenvalue weighted by Crippen LogP contribution is -2.49. The molecule has 1 amide bonds. The summed E-state index contributed by atoms with van der Waals surface area (Å²) in [5.41, 5.74) is 1.30. The van der Waals surface area contributed by atoms with Crippen molar-refractivity contribution < 1.29 is 13.9 Å². The molecule has 0 saturated carbocycles. The van der Waals surface area contributed by atoms with Crippen molar-refractivity contribution in [3.63, 3.8) is 0 Å². The Kier molecular flexibility index (Phi) is 5.11. The van der Waals surface area contributed by atoms with Crippen LogP contribution < -0.4 is 9.64 Å². The number of methoxy groups -OCH3 is 1. The van der Waals surface area contributed by atoms with Crippen LogP contribution in [0.3, 0.4) is 0 Å². The third-order valence-electron chi connectivity index (χ3n) is 4.92. The highest BCUT2D eigenvalue weighted by molar-refractivity contribution is 5.92. The number of imidazole rings is 1. The van der Waals surface area contributed by atoms with E-state index in [2.05, 4.69) is 15.0 Å². The van der Waals surface area contributed by atoms with E-state index in [1.807, 2.05) is 11.9 Å². The fourth-order valence-corrected chi connectivity index (χ4v) is 3.34. The van der Waals surface area contributed by atoms with E-state index in [0.29, 0.717) is 43.2 Å². The van der Waals surface area contributed by atoms with Crippen molar-refractivity contribution in [2.45, 2.75) is 0 Å². The summed E-state index contributed by atoms with van der Waals surface area (Å²) < 4.78 is 22.0. The van der Waals surface area contributed by atoms with E-state index in [9.17, 15) is 4.79 Å². The van der Waals surface area contributed by atoms with Crippen molar-refractivity contribution in [1.29, 1.82) is 0 Å². The van der Waals surface area contributed by atoms with Gasteiger partial charge in [-0.25, -0.2) is 19.3 Å². The minimum absolute atomic E-state index is 0.118. The molecule has 8 nitrogen and oxygen atoms in total. The maximum Gasteiger partial charge on any atom is 0.274 e. The average molecular weight is 396 g/mol. The van der Waals surface area contributed by atoms with Gasteiger partial charge >= 0.3 is 0 Å². The van der Waals surface area contributed by atoms with Gasteiger partial charge in [-0.05, 0) is 24.3 Å². The molecule has 3 aromatic rings. The number of carbonyl (C=O) groups excluding carboxylic acids is 1. The molecule has 0 aliphatic carbocycles. The molecule has 0 unspecified atom stereocenters. The van der Waals surface area contributed by atoms with Gasteiger partial charge in [-0.15, -0.1) is 0 Å². The number of anilines is 1. The number of amides is 1. The maximum absolute atomic E-state index is 15.2. The molecule has 1 aliphatic heterocycles. The van der Waals surface area contributed by atoms with Gasteiger partial charge in [-0.1, -0.05) is 0 Å². The summed E-state index contributed by atoms with van der Waals surface area (Å²) >= 11 is 0. The Morgan fingerprint density at radius 1 is 1.07 bits per heavy atom. The van der Waals surface area contributed by atoms with Gasteiger partial charge in [-0.2, -0.15) is 0 Å². The van der Waals surface area contributed by atoms with E-state index < -0.39 is 5.82 Å². The SMILES string of the molecule is COc1ccc(-c2ncnc(N3CCN(C(=O)c4cn(C)cn4)CC3)c2F)cc1. The monoisotopic (exact) mass is 396 g/mol. The van der Waals surface area contributed by atoms with E-state index in [4.69, 9.17) is 4.74 Å². The van der Waals surface area contributed by atoms with Gasteiger partial charge in [0.05, 0.1) is 13.4 Å². The van der Waals surface area contributed by atoms with Gasteiger partial charge in [0.25, 0.3) is 5.91 Å². The summed E-state index contributed by atoms with van der Waals surface area (Å²) in [5, 5.41) is 0. The van der Waals surface area contributed by atoms with Crippen LogP contribution in [-0.2, 0) is 7.05 Å². The van der Waals surface area contributed by atoms with E-state index in [1.165, 1.54) is 6.33 Å². The molecule has 2 aromatic heterocycles. The fraction of sp³-hybridized carbons (Fsp3) is 0.300. The number of nitrogens with zero attached hydrogens (tertiary/aromatic N) is 6. The smallest absolute Gasteiger partial charge is 0.274 e. The molecular weight excluding hydrogens is 375 g/mol. The van der Waals surface area contributed by atoms with Crippen LogP contribution in [0.15, 0.2) is 43.1 Å². The van der Waals surface area contributed by atoms with Crippen LogP contribution in [0, 0.1) is 5.82 Å². The summed E-state index contributed by atoms with van der Waals surface area (Å²) in [7, 11) is 3.40. The van der Waals surface area contributed by atoms with Crippen molar-refractivity contribution >= 4 is 11.7 Å². The molecule has 150 valence electrons. The Hall–Kier alpha value is -3.49. The van der Waals surface area contributed by atoms with Gasteiger partial charge < -0.3 is 19.1 Å². The van der Waals surface area contributed by atoms with E-state index in [1.54, 1.807) is 53.4 Å². The summed E-state index contributed by atoms with van der Waals surface area (Å²) in [5.74, 6) is 0.349. The number of hydrogen-bond acceptors (Lipinski definition) is 6. The lowest BCUT2D eigenvalue weighted by Gasteiger charge is -2.35. The molecule has 1 fully saturated rings. The fourth-order valence-electron chi connectivity index (χ4n) is 3.34. The second-order valence-corrected chi connectivity index (χ2v) is 6.79. The lowest BCUT2D eigenvalue weighted by molar-refractivity contribution is 0.0741. The van der Waals surface area contributed by atoms with Gasteiger partial charge in [0.1, 0.15) is 23.5 Å². The molecule has 1 saturated heterocycles. The third-order valence-corrected chi connectivity index (χ3v) is 4.92. The molecule has 0 spiro atoms. The Balaban J connectivity index is 1.49. The highest BCUT2D eigenvalue weighted by Gasteiger charge is 2.26. The van der Waals surface area contributed by atoms with E-state index in [-0.39, 0.29) is 17.4 Å². The predicted octanol–water partition coefficient (Wildman–Crippen LogP) is 1.99.